The quantitative estimate of drug-likeness (QED) is 0.157. The highest BCUT2D eigenvalue weighted by Crippen LogP contribution is 2.51. The fourth-order valence-corrected chi connectivity index (χ4v) is 11.8. The largest absolute Gasteiger partial charge is 0.309 e. The second-order valence-electron chi connectivity index (χ2n) is 20.2. The number of aromatic nitrogens is 2. The Morgan fingerprint density at radius 1 is 0.275 bits per heavy atom. The first-order valence-corrected chi connectivity index (χ1v) is 24.3. The maximum atomic E-state index is 2.43. The van der Waals surface area contributed by atoms with Crippen LogP contribution in [0, 0.1) is 27.7 Å². The molecule has 330 valence electrons. The fraction of sp³-hybridized carbons (Fsp3) is 0.104. The Morgan fingerprint density at radius 3 is 0.957 bits per heavy atom. The third kappa shape index (κ3) is 6.61. The lowest BCUT2D eigenvalue weighted by Gasteiger charge is -2.22. The molecule has 0 saturated heterocycles. The third-order valence-electron chi connectivity index (χ3n) is 15.1. The highest BCUT2D eigenvalue weighted by molar-refractivity contribution is 6.11. The Labute approximate surface area is 404 Å². The maximum Gasteiger partial charge on any atom is 0.0541 e. The van der Waals surface area contributed by atoms with Gasteiger partial charge in [-0.15, -0.1) is 0 Å². The number of hydrogen-bond donors (Lipinski definition) is 0. The van der Waals surface area contributed by atoms with Gasteiger partial charge < -0.3 is 9.13 Å². The second-order valence-corrected chi connectivity index (χ2v) is 20.2. The Balaban J connectivity index is 0.776. The molecule has 0 saturated carbocycles. The van der Waals surface area contributed by atoms with Crippen molar-refractivity contribution in [1.82, 2.24) is 9.13 Å². The monoisotopic (exact) mass is 884 g/mol. The van der Waals surface area contributed by atoms with E-state index in [1.807, 2.05) is 0 Å². The van der Waals surface area contributed by atoms with Crippen LogP contribution in [0.15, 0.2) is 206 Å². The topological polar surface area (TPSA) is 9.86 Å². The Hall–Kier alpha value is -8.20. The molecule has 2 nitrogen and oxygen atoms in total. The molecular formula is C67H52N2. The van der Waals surface area contributed by atoms with E-state index < -0.39 is 0 Å². The Kier molecular flexibility index (Phi) is 9.17. The minimum absolute atomic E-state index is 0.145. The summed E-state index contributed by atoms with van der Waals surface area (Å²) in [5, 5.41) is 5.09. The molecule has 1 aliphatic rings. The van der Waals surface area contributed by atoms with Crippen LogP contribution in [0.25, 0.3) is 111 Å². The molecule has 0 bridgehead atoms. The number of nitrogens with zero attached hydrogens (tertiary/aromatic N) is 2. The predicted molar refractivity (Wildman–Crippen MR) is 293 cm³/mol. The second kappa shape index (κ2) is 15.4. The molecule has 0 aliphatic heterocycles. The van der Waals surface area contributed by atoms with Gasteiger partial charge in [0.2, 0.25) is 0 Å². The molecule has 0 spiro atoms. The van der Waals surface area contributed by atoms with Crippen LogP contribution in [0.2, 0.25) is 0 Å². The van der Waals surface area contributed by atoms with Crippen molar-refractivity contribution in [3.05, 3.63) is 240 Å². The van der Waals surface area contributed by atoms with Gasteiger partial charge in [0.05, 0.1) is 22.1 Å². The zero-order valence-electron chi connectivity index (χ0n) is 40.0. The van der Waals surface area contributed by atoms with Crippen LogP contribution in [0.4, 0.5) is 0 Å². The Morgan fingerprint density at radius 2 is 0.580 bits per heavy atom. The van der Waals surface area contributed by atoms with E-state index in [1.54, 1.807) is 0 Å². The standard InChI is InChI=1S/C67H52N2/c1-41-31-42(2)34-53(33-41)68-63-13-9-7-11-57(63)59-37-49(25-29-65(59)68)45-15-19-47(20-16-45)51-23-27-55-56-28-24-52(40-62(56)67(5,6)61(55)39-51)48-21-17-46(18-22-48)50-26-30-66-60(38-50)58-12-8-10-14-64(58)69(66)54-35-43(3)32-44(4)36-54/h7-40H,1-6H3. The van der Waals surface area contributed by atoms with E-state index in [4.69, 9.17) is 0 Å². The van der Waals surface area contributed by atoms with Gasteiger partial charge in [0, 0.05) is 38.3 Å². The van der Waals surface area contributed by atoms with Gasteiger partial charge >= 0.3 is 0 Å². The molecule has 1 aliphatic carbocycles. The SMILES string of the molecule is Cc1cc(C)cc(-n2c3ccccc3c3cc(-c4ccc(-c5ccc6c(c5)C(C)(C)c5cc(-c7ccc(-c8ccc9c(c8)c8ccccc8n9-c8cc(C)cc(C)c8)cc7)ccc5-6)cc4)ccc32)c1. The van der Waals surface area contributed by atoms with Gasteiger partial charge in [-0.25, -0.2) is 0 Å². The molecule has 2 aromatic heterocycles. The summed E-state index contributed by atoms with van der Waals surface area (Å²) in [6.45, 7) is 13.5. The first-order valence-electron chi connectivity index (χ1n) is 24.3. The van der Waals surface area contributed by atoms with E-state index in [2.05, 4.69) is 257 Å². The molecule has 69 heavy (non-hydrogen) atoms. The summed E-state index contributed by atoms with van der Waals surface area (Å²) in [6.07, 6.45) is 0. The van der Waals surface area contributed by atoms with Crippen molar-refractivity contribution in [2.75, 3.05) is 0 Å². The summed E-state index contributed by atoms with van der Waals surface area (Å²) >= 11 is 0. The number of hydrogen-bond acceptors (Lipinski definition) is 0. The summed E-state index contributed by atoms with van der Waals surface area (Å²) in [5.41, 5.74) is 27.6. The number of para-hydroxylation sites is 2. The number of aryl methyl sites for hydroxylation is 4. The van der Waals surface area contributed by atoms with E-state index in [9.17, 15) is 0 Å². The van der Waals surface area contributed by atoms with Gasteiger partial charge in [-0.2, -0.15) is 0 Å². The van der Waals surface area contributed by atoms with Crippen LogP contribution >= 0.6 is 0 Å². The van der Waals surface area contributed by atoms with Crippen molar-refractivity contribution in [3.63, 3.8) is 0 Å². The lowest BCUT2D eigenvalue weighted by molar-refractivity contribution is 0.661. The smallest absolute Gasteiger partial charge is 0.0541 e. The predicted octanol–water partition coefficient (Wildman–Crippen LogP) is 18.1. The van der Waals surface area contributed by atoms with Gasteiger partial charge in [-0.05, 0) is 190 Å². The highest BCUT2D eigenvalue weighted by Gasteiger charge is 2.36. The molecule has 2 heterocycles. The van der Waals surface area contributed by atoms with E-state index in [1.165, 1.54) is 144 Å². The molecule has 0 atom stereocenters. The van der Waals surface area contributed by atoms with Crippen LogP contribution < -0.4 is 0 Å². The Bertz CT molecular complexity index is 3750. The molecule has 10 aromatic carbocycles. The minimum Gasteiger partial charge on any atom is -0.309 e. The van der Waals surface area contributed by atoms with Gasteiger partial charge in [0.1, 0.15) is 0 Å². The van der Waals surface area contributed by atoms with Crippen LogP contribution in [-0.4, -0.2) is 9.13 Å². The lowest BCUT2D eigenvalue weighted by atomic mass is 9.80. The van der Waals surface area contributed by atoms with Crippen molar-refractivity contribution in [1.29, 1.82) is 0 Å². The van der Waals surface area contributed by atoms with Crippen LogP contribution in [-0.2, 0) is 5.41 Å². The third-order valence-corrected chi connectivity index (χ3v) is 15.1. The normalized spacial score (nSPS) is 12.9. The summed E-state index contributed by atoms with van der Waals surface area (Å²) in [7, 11) is 0. The molecule has 0 amide bonds. The van der Waals surface area contributed by atoms with E-state index in [-0.39, 0.29) is 5.41 Å². The van der Waals surface area contributed by atoms with Gasteiger partial charge in [-0.1, -0.05) is 147 Å². The number of benzene rings is 10. The molecule has 13 rings (SSSR count). The first kappa shape index (κ1) is 41.0. The van der Waals surface area contributed by atoms with Crippen LogP contribution in [0.1, 0.15) is 47.2 Å². The summed E-state index contributed by atoms with van der Waals surface area (Å²) in [4.78, 5) is 0. The first-order chi connectivity index (χ1) is 33.6. The molecule has 0 fully saturated rings. The summed E-state index contributed by atoms with van der Waals surface area (Å²) in [5.74, 6) is 0. The summed E-state index contributed by atoms with van der Waals surface area (Å²) < 4.78 is 4.83. The highest BCUT2D eigenvalue weighted by atomic mass is 15.0. The van der Waals surface area contributed by atoms with Gasteiger partial charge in [-0.3, -0.25) is 0 Å². The van der Waals surface area contributed by atoms with Crippen molar-refractivity contribution >= 4 is 43.6 Å². The zero-order chi connectivity index (χ0) is 46.7. The molecule has 12 aromatic rings. The van der Waals surface area contributed by atoms with E-state index >= 15 is 0 Å². The lowest BCUT2D eigenvalue weighted by Crippen LogP contribution is -2.15. The van der Waals surface area contributed by atoms with Crippen molar-refractivity contribution in [2.45, 2.75) is 47.0 Å². The molecule has 0 radical (unpaired) electrons. The maximum absolute atomic E-state index is 2.43. The van der Waals surface area contributed by atoms with Crippen molar-refractivity contribution < 1.29 is 0 Å². The molecule has 0 N–H and O–H groups in total. The fourth-order valence-electron chi connectivity index (χ4n) is 11.8. The minimum atomic E-state index is -0.145. The van der Waals surface area contributed by atoms with E-state index in [0.29, 0.717) is 0 Å². The number of rotatable bonds is 6. The molecule has 0 unspecified atom stereocenters. The van der Waals surface area contributed by atoms with Crippen molar-refractivity contribution in [2.24, 2.45) is 0 Å². The summed E-state index contributed by atoms with van der Waals surface area (Å²) in [6, 6.07) is 77.6. The number of fused-ring (bicyclic) bond motifs is 9. The average molecular weight is 885 g/mol. The van der Waals surface area contributed by atoms with E-state index in [0.717, 1.165) is 0 Å². The zero-order valence-corrected chi connectivity index (χ0v) is 40.0. The van der Waals surface area contributed by atoms with Gasteiger partial charge in [0.25, 0.3) is 0 Å². The van der Waals surface area contributed by atoms with Crippen molar-refractivity contribution in [3.8, 4) is 67.0 Å². The van der Waals surface area contributed by atoms with Crippen LogP contribution in [0.5, 0.6) is 0 Å². The van der Waals surface area contributed by atoms with Gasteiger partial charge in [0.15, 0.2) is 0 Å². The average Bonchev–Trinajstić information content (AvgIpc) is 3.95. The molecule has 2 heteroatoms. The molecular weight excluding hydrogens is 833 g/mol. The van der Waals surface area contributed by atoms with Crippen LogP contribution in [0.3, 0.4) is 0 Å².